The molecule has 18 heavy (non-hydrogen) atoms. The van der Waals surface area contributed by atoms with Crippen molar-refractivity contribution in [3.05, 3.63) is 29.8 Å². The fourth-order valence-corrected chi connectivity index (χ4v) is 2.36. The van der Waals surface area contributed by atoms with Crippen molar-refractivity contribution >= 4 is 0 Å². The molecule has 1 aromatic carbocycles. The van der Waals surface area contributed by atoms with Crippen LogP contribution in [0.5, 0.6) is 5.75 Å². The molecule has 0 fully saturated rings. The van der Waals surface area contributed by atoms with Gasteiger partial charge in [-0.15, -0.1) is 0 Å². The molecule has 1 N–H and O–H groups in total. The van der Waals surface area contributed by atoms with Gasteiger partial charge in [-0.05, 0) is 37.2 Å². The normalized spacial score (nSPS) is 11.9. The van der Waals surface area contributed by atoms with Gasteiger partial charge >= 0.3 is 0 Å². The molecule has 3 nitrogen and oxygen atoms in total. The summed E-state index contributed by atoms with van der Waals surface area (Å²) in [6.45, 7) is 7.64. The Labute approximate surface area is 111 Å². The third-order valence-corrected chi connectivity index (χ3v) is 2.96. The number of nitrogens with one attached hydrogen (secondary N) is 1. The molecular formula is C15H26N2O. The van der Waals surface area contributed by atoms with Crippen LogP contribution in [0.25, 0.3) is 0 Å². The fourth-order valence-electron chi connectivity index (χ4n) is 2.36. The zero-order valence-corrected chi connectivity index (χ0v) is 12.3. The van der Waals surface area contributed by atoms with Crippen LogP contribution in [0.3, 0.4) is 0 Å². The molecule has 0 aliphatic rings. The number of rotatable bonds is 7. The zero-order valence-electron chi connectivity index (χ0n) is 12.3. The van der Waals surface area contributed by atoms with Crippen LogP contribution in [-0.2, 0) is 6.54 Å². The first kappa shape index (κ1) is 15.0. The molecule has 0 bridgehead atoms. The molecule has 0 amide bonds. The lowest BCUT2D eigenvalue weighted by molar-refractivity contribution is 0.201. The third-order valence-electron chi connectivity index (χ3n) is 2.96. The quantitative estimate of drug-likeness (QED) is 0.804. The van der Waals surface area contributed by atoms with Gasteiger partial charge in [0.15, 0.2) is 0 Å². The van der Waals surface area contributed by atoms with Gasteiger partial charge in [-0.1, -0.05) is 26.0 Å². The maximum Gasteiger partial charge on any atom is 0.118 e. The Bertz CT molecular complexity index is 346. The predicted octanol–water partition coefficient (Wildman–Crippen LogP) is 2.37. The molecule has 0 atom stereocenters. The molecule has 1 rings (SSSR count). The van der Waals surface area contributed by atoms with E-state index in [0.717, 1.165) is 25.4 Å². The monoisotopic (exact) mass is 250 g/mol. The van der Waals surface area contributed by atoms with E-state index < -0.39 is 0 Å². The van der Waals surface area contributed by atoms with Gasteiger partial charge < -0.3 is 15.0 Å². The van der Waals surface area contributed by atoms with E-state index in [2.05, 4.69) is 43.2 Å². The van der Waals surface area contributed by atoms with Gasteiger partial charge in [-0.25, -0.2) is 0 Å². The van der Waals surface area contributed by atoms with Gasteiger partial charge in [0.2, 0.25) is 0 Å². The van der Waals surface area contributed by atoms with E-state index in [1.807, 2.05) is 19.2 Å². The summed E-state index contributed by atoms with van der Waals surface area (Å²) in [6, 6.07) is 8.28. The fraction of sp³-hybridized carbons (Fsp3) is 0.600. The van der Waals surface area contributed by atoms with Crippen molar-refractivity contribution in [3.63, 3.8) is 0 Å². The van der Waals surface area contributed by atoms with Gasteiger partial charge in [0, 0.05) is 19.6 Å². The van der Waals surface area contributed by atoms with Crippen molar-refractivity contribution in [1.29, 1.82) is 0 Å². The van der Waals surface area contributed by atoms with E-state index in [1.54, 1.807) is 7.11 Å². The predicted molar refractivity (Wildman–Crippen MR) is 77.0 cm³/mol. The average Bonchev–Trinajstić information content (AvgIpc) is 2.28. The highest BCUT2D eigenvalue weighted by Gasteiger charge is 2.19. The van der Waals surface area contributed by atoms with E-state index >= 15 is 0 Å². The van der Waals surface area contributed by atoms with Gasteiger partial charge in [0.05, 0.1) is 7.11 Å². The maximum atomic E-state index is 5.16. The second-order valence-corrected chi connectivity index (χ2v) is 5.71. The number of benzene rings is 1. The van der Waals surface area contributed by atoms with Gasteiger partial charge in [0.25, 0.3) is 0 Å². The van der Waals surface area contributed by atoms with Crippen LogP contribution in [0.4, 0.5) is 0 Å². The molecule has 3 heteroatoms. The highest BCUT2D eigenvalue weighted by Crippen LogP contribution is 2.17. The molecule has 0 heterocycles. The standard InChI is InChI=1S/C15H26N2O/c1-15(2,11-16-3)12-17(4)10-13-6-8-14(18-5)9-7-13/h6-9,16H,10-12H2,1-5H3. The van der Waals surface area contributed by atoms with E-state index in [1.165, 1.54) is 5.56 Å². The summed E-state index contributed by atoms with van der Waals surface area (Å²) in [7, 11) is 5.87. The number of hydrogen-bond acceptors (Lipinski definition) is 3. The van der Waals surface area contributed by atoms with Crippen LogP contribution in [0, 0.1) is 5.41 Å². The van der Waals surface area contributed by atoms with Crippen molar-refractivity contribution in [3.8, 4) is 5.75 Å². The summed E-state index contributed by atoms with van der Waals surface area (Å²) in [4.78, 5) is 2.36. The smallest absolute Gasteiger partial charge is 0.118 e. The average molecular weight is 250 g/mol. The Morgan fingerprint density at radius 2 is 1.83 bits per heavy atom. The number of hydrogen-bond donors (Lipinski definition) is 1. The van der Waals surface area contributed by atoms with Crippen LogP contribution < -0.4 is 10.1 Å². The number of ether oxygens (including phenoxy) is 1. The van der Waals surface area contributed by atoms with Gasteiger partial charge in [-0.2, -0.15) is 0 Å². The minimum absolute atomic E-state index is 0.288. The van der Waals surface area contributed by atoms with E-state index in [-0.39, 0.29) is 5.41 Å². The van der Waals surface area contributed by atoms with Crippen LogP contribution in [0.1, 0.15) is 19.4 Å². The van der Waals surface area contributed by atoms with Crippen molar-refractivity contribution in [2.45, 2.75) is 20.4 Å². The molecule has 0 aliphatic heterocycles. The first-order valence-electron chi connectivity index (χ1n) is 6.43. The third kappa shape index (κ3) is 5.07. The number of nitrogens with zero attached hydrogens (tertiary/aromatic N) is 1. The molecule has 1 aromatic rings. The summed E-state index contributed by atoms with van der Waals surface area (Å²) in [5.41, 5.74) is 1.61. The minimum atomic E-state index is 0.288. The Balaban J connectivity index is 2.50. The SMILES string of the molecule is CNCC(C)(C)CN(C)Cc1ccc(OC)cc1. The van der Waals surface area contributed by atoms with Crippen LogP contribution in [-0.4, -0.2) is 39.2 Å². The Kier molecular flexibility index (Phi) is 5.63. The molecule has 0 radical (unpaired) electrons. The molecule has 0 aromatic heterocycles. The Morgan fingerprint density at radius 1 is 1.22 bits per heavy atom. The van der Waals surface area contributed by atoms with Crippen molar-refractivity contribution in [2.24, 2.45) is 5.41 Å². The molecule has 0 saturated heterocycles. The summed E-state index contributed by atoms with van der Waals surface area (Å²) in [5, 5.41) is 3.25. The van der Waals surface area contributed by atoms with Crippen LogP contribution in [0.15, 0.2) is 24.3 Å². The largest absolute Gasteiger partial charge is 0.497 e. The second-order valence-electron chi connectivity index (χ2n) is 5.71. The molecule has 102 valence electrons. The Morgan fingerprint density at radius 3 is 2.33 bits per heavy atom. The molecule has 0 unspecified atom stereocenters. The highest BCUT2D eigenvalue weighted by atomic mass is 16.5. The van der Waals surface area contributed by atoms with E-state index in [4.69, 9.17) is 4.74 Å². The molecule has 0 saturated carbocycles. The van der Waals surface area contributed by atoms with E-state index in [9.17, 15) is 0 Å². The van der Waals surface area contributed by atoms with Crippen molar-refractivity contribution in [1.82, 2.24) is 10.2 Å². The molecule has 0 spiro atoms. The second kappa shape index (κ2) is 6.76. The highest BCUT2D eigenvalue weighted by molar-refractivity contribution is 5.27. The molecular weight excluding hydrogens is 224 g/mol. The first-order chi connectivity index (χ1) is 8.46. The van der Waals surface area contributed by atoms with Gasteiger partial charge in [0.1, 0.15) is 5.75 Å². The lowest BCUT2D eigenvalue weighted by Crippen LogP contribution is -2.37. The minimum Gasteiger partial charge on any atom is -0.497 e. The maximum absolute atomic E-state index is 5.16. The first-order valence-corrected chi connectivity index (χ1v) is 6.43. The van der Waals surface area contributed by atoms with Crippen molar-refractivity contribution in [2.75, 3.05) is 34.3 Å². The van der Waals surface area contributed by atoms with Crippen LogP contribution >= 0.6 is 0 Å². The summed E-state index contributed by atoms with van der Waals surface area (Å²) >= 11 is 0. The summed E-state index contributed by atoms with van der Waals surface area (Å²) < 4.78 is 5.16. The lowest BCUT2D eigenvalue weighted by atomic mass is 9.93. The lowest BCUT2D eigenvalue weighted by Gasteiger charge is -2.30. The zero-order chi connectivity index (χ0) is 13.6. The molecule has 0 aliphatic carbocycles. The van der Waals surface area contributed by atoms with Gasteiger partial charge in [-0.3, -0.25) is 0 Å². The Hall–Kier alpha value is -1.06. The van der Waals surface area contributed by atoms with Crippen LogP contribution in [0.2, 0.25) is 0 Å². The number of methoxy groups -OCH3 is 1. The summed E-state index contributed by atoms with van der Waals surface area (Å²) in [5.74, 6) is 0.914. The van der Waals surface area contributed by atoms with E-state index in [0.29, 0.717) is 0 Å². The van der Waals surface area contributed by atoms with Crippen molar-refractivity contribution < 1.29 is 4.74 Å². The topological polar surface area (TPSA) is 24.5 Å². The summed E-state index contributed by atoms with van der Waals surface area (Å²) in [6.07, 6.45) is 0.